The lowest BCUT2D eigenvalue weighted by atomic mass is 10.1. The third kappa shape index (κ3) is 5.72. The fourth-order valence-corrected chi connectivity index (χ4v) is 1.55. The first-order valence-corrected chi connectivity index (χ1v) is 5.93. The second kappa shape index (κ2) is 7.20. The summed E-state index contributed by atoms with van der Waals surface area (Å²) >= 11 is 0.839. The van der Waals surface area contributed by atoms with Crippen molar-refractivity contribution in [1.82, 2.24) is 20.1 Å². The van der Waals surface area contributed by atoms with Crippen molar-refractivity contribution in [2.75, 3.05) is 5.32 Å². The number of carboxylic acid groups (broad SMARTS) is 2. The maximum absolute atomic E-state index is 11.4. The molecule has 11 heteroatoms. The van der Waals surface area contributed by atoms with Gasteiger partial charge in [-0.05, 0) is 18.1 Å². The average Bonchev–Trinajstić information content (AvgIpc) is 2.79. The fraction of sp³-hybridized carbons (Fsp3) is 0.500. The van der Waals surface area contributed by atoms with Gasteiger partial charge in [0.05, 0.1) is 0 Å². The van der Waals surface area contributed by atoms with Crippen LogP contribution in [-0.4, -0.2) is 49.0 Å². The Kier molecular flexibility index (Phi) is 5.60. The Bertz CT molecular complexity index is 450. The number of carboxylic acids is 2. The lowest BCUT2D eigenvalue weighted by Gasteiger charge is -2.13. The van der Waals surface area contributed by atoms with E-state index in [1.807, 2.05) is 0 Å². The molecule has 0 saturated heterocycles. The third-order valence-corrected chi connectivity index (χ3v) is 2.52. The minimum absolute atomic E-state index is 0.0173. The topological polar surface area (TPSA) is 154 Å². The number of rotatable bonds is 7. The van der Waals surface area contributed by atoms with Crippen LogP contribution in [0.15, 0.2) is 0 Å². The van der Waals surface area contributed by atoms with Crippen molar-refractivity contribution < 1.29 is 24.6 Å². The maximum atomic E-state index is 11.4. The second-order valence-corrected chi connectivity index (χ2v) is 4.18. The Morgan fingerprint density at radius 2 is 2.05 bits per heavy atom. The average molecular weight is 289 g/mol. The van der Waals surface area contributed by atoms with Gasteiger partial charge in [0, 0.05) is 18.0 Å². The Hall–Kier alpha value is -2.30. The van der Waals surface area contributed by atoms with Crippen LogP contribution in [0.3, 0.4) is 0 Å². The molecular formula is C8H11N5O5S. The van der Waals surface area contributed by atoms with Crippen LogP contribution in [0.4, 0.5) is 9.93 Å². The van der Waals surface area contributed by atoms with E-state index < -0.39 is 24.0 Å². The Balaban J connectivity index is 2.42. The van der Waals surface area contributed by atoms with Gasteiger partial charge in [-0.25, -0.2) is 9.59 Å². The van der Waals surface area contributed by atoms with E-state index in [9.17, 15) is 14.4 Å². The zero-order valence-corrected chi connectivity index (χ0v) is 10.4. The first kappa shape index (κ1) is 14.8. The van der Waals surface area contributed by atoms with Crippen LogP contribution >= 0.6 is 11.5 Å². The maximum Gasteiger partial charge on any atom is 0.326 e. The quantitative estimate of drug-likeness (QED) is 0.536. The number of hydrogen-bond donors (Lipinski definition) is 4. The molecule has 0 aromatic carbocycles. The van der Waals surface area contributed by atoms with Crippen molar-refractivity contribution in [1.29, 1.82) is 0 Å². The van der Waals surface area contributed by atoms with Crippen molar-refractivity contribution in [3.05, 3.63) is 0 Å². The number of aromatic nitrogens is 3. The molecule has 1 rings (SSSR count). The van der Waals surface area contributed by atoms with Crippen LogP contribution in [0.5, 0.6) is 0 Å². The van der Waals surface area contributed by atoms with E-state index in [4.69, 9.17) is 10.2 Å². The zero-order chi connectivity index (χ0) is 14.3. The standard InChI is InChI=1S/C8H11N5O5S/c14-5(15)3-1-2-4(6(16)17)9-7(18)10-8-11-12-13-19-8/h4H,1-3H2,(H,14,15)(H,16,17)(H2,9,10,11,13,18)/t4-/m1/s1. The molecule has 19 heavy (non-hydrogen) atoms. The van der Waals surface area contributed by atoms with Crippen LogP contribution in [0.2, 0.25) is 0 Å². The number of aliphatic carboxylic acids is 2. The van der Waals surface area contributed by atoms with Gasteiger partial charge in [-0.15, -0.1) is 0 Å². The normalized spacial score (nSPS) is 11.6. The minimum atomic E-state index is -1.24. The summed E-state index contributed by atoms with van der Waals surface area (Å²) in [6.07, 6.45) is 0.00373. The predicted molar refractivity (Wildman–Crippen MR) is 62.8 cm³/mol. The van der Waals surface area contributed by atoms with Crippen molar-refractivity contribution in [2.24, 2.45) is 0 Å². The number of nitrogens with zero attached hydrogens (tertiary/aromatic N) is 3. The van der Waals surface area contributed by atoms with E-state index in [-0.39, 0.29) is 24.4 Å². The van der Waals surface area contributed by atoms with Crippen molar-refractivity contribution >= 4 is 34.6 Å². The molecule has 2 amide bonds. The molecular weight excluding hydrogens is 278 g/mol. The summed E-state index contributed by atoms with van der Waals surface area (Å²) in [6.45, 7) is 0. The van der Waals surface area contributed by atoms with Gasteiger partial charge >= 0.3 is 18.0 Å². The Morgan fingerprint density at radius 3 is 2.58 bits per heavy atom. The molecule has 0 unspecified atom stereocenters. The molecule has 0 bridgehead atoms. The number of anilines is 1. The Morgan fingerprint density at radius 1 is 1.32 bits per heavy atom. The van der Waals surface area contributed by atoms with E-state index >= 15 is 0 Å². The molecule has 0 fully saturated rings. The van der Waals surface area contributed by atoms with Gasteiger partial charge in [0.25, 0.3) is 0 Å². The monoisotopic (exact) mass is 289 g/mol. The SMILES string of the molecule is O=C(O)CCC[C@@H](NC(=O)Nc1nnns1)C(=O)O. The van der Waals surface area contributed by atoms with E-state index in [2.05, 4.69) is 25.4 Å². The molecule has 1 heterocycles. The van der Waals surface area contributed by atoms with Crippen LogP contribution in [-0.2, 0) is 9.59 Å². The zero-order valence-electron chi connectivity index (χ0n) is 9.57. The van der Waals surface area contributed by atoms with E-state index in [0.29, 0.717) is 0 Å². The lowest BCUT2D eigenvalue weighted by Crippen LogP contribution is -2.43. The van der Waals surface area contributed by atoms with Crippen molar-refractivity contribution in [2.45, 2.75) is 25.3 Å². The van der Waals surface area contributed by atoms with E-state index in [1.165, 1.54) is 0 Å². The molecule has 104 valence electrons. The smallest absolute Gasteiger partial charge is 0.326 e. The summed E-state index contributed by atoms with van der Waals surface area (Å²) in [5, 5.41) is 28.6. The summed E-state index contributed by atoms with van der Waals surface area (Å²) in [4.78, 5) is 32.6. The molecule has 0 aliphatic heterocycles. The van der Waals surface area contributed by atoms with Crippen molar-refractivity contribution in [3.63, 3.8) is 0 Å². The molecule has 10 nitrogen and oxygen atoms in total. The molecule has 0 radical (unpaired) electrons. The highest BCUT2D eigenvalue weighted by Gasteiger charge is 2.20. The molecule has 1 aromatic heterocycles. The van der Waals surface area contributed by atoms with Crippen LogP contribution in [0.25, 0.3) is 0 Å². The fourth-order valence-electron chi connectivity index (χ4n) is 1.19. The second-order valence-electron chi connectivity index (χ2n) is 3.44. The number of nitrogens with one attached hydrogen (secondary N) is 2. The molecule has 0 spiro atoms. The largest absolute Gasteiger partial charge is 0.481 e. The van der Waals surface area contributed by atoms with Gasteiger partial charge in [-0.1, -0.05) is 9.59 Å². The van der Waals surface area contributed by atoms with E-state index in [1.54, 1.807) is 0 Å². The molecule has 0 aliphatic rings. The summed E-state index contributed by atoms with van der Waals surface area (Å²) in [5.41, 5.74) is 0. The summed E-state index contributed by atoms with van der Waals surface area (Å²) in [6, 6.07) is -1.93. The van der Waals surface area contributed by atoms with Crippen LogP contribution < -0.4 is 10.6 Å². The van der Waals surface area contributed by atoms with Gasteiger partial charge < -0.3 is 15.5 Å². The number of urea groups is 1. The minimum Gasteiger partial charge on any atom is -0.481 e. The highest BCUT2D eigenvalue weighted by Crippen LogP contribution is 2.05. The molecule has 0 saturated carbocycles. The number of amides is 2. The summed E-state index contributed by atoms with van der Waals surface area (Å²) in [7, 11) is 0. The molecule has 1 atom stereocenters. The van der Waals surface area contributed by atoms with Gasteiger partial charge in [-0.2, -0.15) is 0 Å². The van der Waals surface area contributed by atoms with E-state index in [0.717, 1.165) is 11.5 Å². The first-order valence-electron chi connectivity index (χ1n) is 5.16. The number of carbonyl (C=O) groups is 3. The van der Waals surface area contributed by atoms with Crippen molar-refractivity contribution in [3.8, 4) is 0 Å². The summed E-state index contributed by atoms with van der Waals surface area (Å²) < 4.78 is 3.41. The molecule has 0 aliphatic carbocycles. The Labute approximate surface area is 111 Å². The highest BCUT2D eigenvalue weighted by molar-refractivity contribution is 7.09. The lowest BCUT2D eigenvalue weighted by molar-refractivity contribution is -0.140. The number of carbonyl (C=O) groups excluding carboxylic acids is 1. The van der Waals surface area contributed by atoms with Gasteiger partial charge in [0.1, 0.15) is 6.04 Å². The predicted octanol–water partition coefficient (Wildman–Crippen LogP) is -0.237. The third-order valence-electron chi connectivity index (χ3n) is 2.01. The van der Waals surface area contributed by atoms with Gasteiger partial charge in [-0.3, -0.25) is 10.1 Å². The van der Waals surface area contributed by atoms with Crippen LogP contribution in [0, 0.1) is 0 Å². The number of hydrogen-bond acceptors (Lipinski definition) is 7. The highest BCUT2D eigenvalue weighted by atomic mass is 32.1. The van der Waals surface area contributed by atoms with Crippen LogP contribution in [0.1, 0.15) is 19.3 Å². The summed E-state index contributed by atoms with van der Waals surface area (Å²) in [5.74, 6) is -2.26. The molecule has 1 aromatic rings. The van der Waals surface area contributed by atoms with Gasteiger partial charge in [0.15, 0.2) is 0 Å². The van der Waals surface area contributed by atoms with Gasteiger partial charge in [0.2, 0.25) is 5.13 Å². The molecule has 4 N–H and O–H groups in total. The first-order chi connectivity index (χ1) is 8.99.